The molecule has 3 heteroatoms. The molecule has 0 spiro atoms. The van der Waals surface area contributed by atoms with Gasteiger partial charge >= 0.3 is 5.97 Å². The number of benzene rings is 2. The minimum absolute atomic E-state index is 0.0740. The topological polar surface area (TPSA) is 38.3 Å². The summed E-state index contributed by atoms with van der Waals surface area (Å²) in [6, 6.07) is 20.2. The number of piperidine rings is 1. The number of ether oxygens (including phenoxy) is 1. The molecule has 1 N–H and O–H groups in total. The van der Waals surface area contributed by atoms with Crippen LogP contribution in [-0.4, -0.2) is 18.6 Å². The standard InChI is InChI=1S/C20H23NO2/c1-16(22)23-20(17-10-4-2-5-11-17,18-12-6-3-7-13-18)19-14-8-9-15-21-19/h2-7,10-13,19,21H,8-9,14-15H2,1H3. The van der Waals surface area contributed by atoms with Crippen LogP contribution < -0.4 is 5.32 Å². The molecule has 1 atom stereocenters. The molecule has 0 aromatic heterocycles. The molecule has 0 radical (unpaired) electrons. The molecule has 1 aliphatic rings. The highest BCUT2D eigenvalue weighted by Crippen LogP contribution is 2.40. The third-order valence-corrected chi connectivity index (χ3v) is 4.51. The maximum absolute atomic E-state index is 12.0. The van der Waals surface area contributed by atoms with Crippen LogP contribution in [0.15, 0.2) is 60.7 Å². The van der Waals surface area contributed by atoms with Crippen molar-refractivity contribution in [2.75, 3.05) is 6.54 Å². The molecule has 3 rings (SSSR count). The lowest BCUT2D eigenvalue weighted by atomic mass is 9.77. The lowest BCUT2D eigenvalue weighted by molar-refractivity contribution is -0.157. The molecule has 23 heavy (non-hydrogen) atoms. The van der Waals surface area contributed by atoms with Crippen LogP contribution in [-0.2, 0) is 15.1 Å². The molecule has 120 valence electrons. The van der Waals surface area contributed by atoms with Gasteiger partial charge < -0.3 is 10.1 Å². The fourth-order valence-corrected chi connectivity index (χ4v) is 3.56. The van der Waals surface area contributed by atoms with Crippen LogP contribution in [0.3, 0.4) is 0 Å². The van der Waals surface area contributed by atoms with Gasteiger partial charge in [0.1, 0.15) is 0 Å². The van der Waals surface area contributed by atoms with E-state index in [4.69, 9.17) is 4.74 Å². The fourth-order valence-electron chi connectivity index (χ4n) is 3.56. The summed E-state index contributed by atoms with van der Waals surface area (Å²) in [4.78, 5) is 12.0. The van der Waals surface area contributed by atoms with Gasteiger partial charge in [-0.25, -0.2) is 0 Å². The fraction of sp³-hybridized carbons (Fsp3) is 0.350. The molecule has 2 aromatic rings. The second kappa shape index (κ2) is 6.97. The lowest BCUT2D eigenvalue weighted by Crippen LogP contribution is -2.53. The summed E-state index contributed by atoms with van der Waals surface area (Å²) >= 11 is 0. The first-order valence-electron chi connectivity index (χ1n) is 8.27. The molecule has 1 saturated heterocycles. The van der Waals surface area contributed by atoms with E-state index in [1.807, 2.05) is 60.7 Å². The highest BCUT2D eigenvalue weighted by Gasteiger charge is 2.45. The van der Waals surface area contributed by atoms with E-state index in [9.17, 15) is 4.79 Å². The third kappa shape index (κ3) is 3.15. The van der Waals surface area contributed by atoms with Gasteiger partial charge in [0.2, 0.25) is 0 Å². The van der Waals surface area contributed by atoms with E-state index < -0.39 is 5.60 Å². The average Bonchev–Trinajstić information content (AvgIpc) is 2.62. The van der Waals surface area contributed by atoms with Gasteiger partial charge in [0.05, 0.1) is 6.04 Å². The molecule has 3 nitrogen and oxygen atoms in total. The normalized spacial score (nSPS) is 18.4. The zero-order valence-electron chi connectivity index (χ0n) is 13.5. The number of rotatable bonds is 4. The Hall–Kier alpha value is -2.13. The molecule has 1 unspecified atom stereocenters. The monoisotopic (exact) mass is 309 g/mol. The van der Waals surface area contributed by atoms with E-state index >= 15 is 0 Å². The van der Waals surface area contributed by atoms with Crippen molar-refractivity contribution in [3.05, 3.63) is 71.8 Å². The maximum Gasteiger partial charge on any atom is 0.303 e. The summed E-state index contributed by atoms with van der Waals surface area (Å²) in [6.07, 6.45) is 3.29. The summed E-state index contributed by atoms with van der Waals surface area (Å²) in [5.41, 5.74) is 1.25. The second-order valence-electron chi connectivity index (χ2n) is 6.06. The van der Waals surface area contributed by atoms with Gasteiger partial charge in [-0.2, -0.15) is 0 Å². The summed E-state index contributed by atoms with van der Waals surface area (Å²) < 4.78 is 6.05. The van der Waals surface area contributed by atoms with Crippen molar-refractivity contribution in [3.63, 3.8) is 0 Å². The zero-order chi connectivity index (χ0) is 16.1. The Balaban J connectivity index is 2.18. The van der Waals surface area contributed by atoms with Crippen LogP contribution in [0.2, 0.25) is 0 Å². The predicted octanol–water partition coefficient (Wildman–Crippen LogP) is 3.64. The van der Waals surface area contributed by atoms with Crippen molar-refractivity contribution in [2.24, 2.45) is 0 Å². The third-order valence-electron chi connectivity index (χ3n) is 4.51. The number of esters is 1. The average molecular weight is 309 g/mol. The summed E-state index contributed by atoms with van der Waals surface area (Å²) in [6.45, 7) is 2.44. The minimum Gasteiger partial charge on any atom is -0.448 e. The molecule has 0 aliphatic carbocycles. The molecule has 1 fully saturated rings. The van der Waals surface area contributed by atoms with Crippen LogP contribution >= 0.6 is 0 Å². The van der Waals surface area contributed by atoms with Gasteiger partial charge in [-0.3, -0.25) is 4.79 Å². The molecular weight excluding hydrogens is 286 g/mol. The number of nitrogens with one attached hydrogen (secondary N) is 1. The summed E-state index contributed by atoms with van der Waals surface area (Å²) in [5, 5.41) is 3.59. The number of carbonyl (C=O) groups excluding carboxylic acids is 1. The Kier molecular flexibility index (Phi) is 4.77. The maximum atomic E-state index is 12.0. The van der Waals surface area contributed by atoms with Crippen LogP contribution in [0.5, 0.6) is 0 Å². The Labute approximate surface area is 137 Å². The van der Waals surface area contributed by atoms with E-state index in [0.717, 1.165) is 36.9 Å². The second-order valence-corrected chi connectivity index (χ2v) is 6.06. The van der Waals surface area contributed by atoms with Crippen LogP contribution in [0.25, 0.3) is 0 Å². The smallest absolute Gasteiger partial charge is 0.303 e. The van der Waals surface area contributed by atoms with Crippen LogP contribution in [0.4, 0.5) is 0 Å². The number of carbonyl (C=O) groups is 1. The van der Waals surface area contributed by atoms with Crippen molar-refractivity contribution in [2.45, 2.75) is 37.8 Å². The Morgan fingerprint density at radius 1 is 1.00 bits per heavy atom. The number of hydrogen-bond acceptors (Lipinski definition) is 3. The van der Waals surface area contributed by atoms with Gasteiger partial charge in [-0.15, -0.1) is 0 Å². The highest BCUT2D eigenvalue weighted by molar-refractivity contribution is 5.68. The molecule has 1 aliphatic heterocycles. The molecule has 1 heterocycles. The summed E-state index contributed by atoms with van der Waals surface area (Å²) in [5.74, 6) is -0.259. The largest absolute Gasteiger partial charge is 0.448 e. The predicted molar refractivity (Wildman–Crippen MR) is 91.1 cm³/mol. The zero-order valence-corrected chi connectivity index (χ0v) is 13.5. The quantitative estimate of drug-likeness (QED) is 0.876. The van der Waals surface area contributed by atoms with Crippen LogP contribution in [0.1, 0.15) is 37.3 Å². The first-order chi connectivity index (χ1) is 11.2. The highest BCUT2D eigenvalue weighted by atomic mass is 16.6. The Morgan fingerprint density at radius 2 is 1.57 bits per heavy atom. The van der Waals surface area contributed by atoms with Gasteiger partial charge in [0, 0.05) is 18.1 Å². The molecule has 2 aromatic carbocycles. The SMILES string of the molecule is CC(=O)OC(c1ccccc1)(c1ccccc1)C1CCCCN1. The summed E-state index contributed by atoms with van der Waals surface area (Å²) in [7, 11) is 0. The van der Waals surface area contributed by atoms with Crippen molar-refractivity contribution in [3.8, 4) is 0 Å². The van der Waals surface area contributed by atoms with Crippen molar-refractivity contribution < 1.29 is 9.53 Å². The molecule has 0 amide bonds. The van der Waals surface area contributed by atoms with E-state index in [1.165, 1.54) is 6.92 Å². The number of hydrogen-bond donors (Lipinski definition) is 1. The van der Waals surface area contributed by atoms with Gasteiger partial charge in [0.25, 0.3) is 0 Å². The first kappa shape index (κ1) is 15.8. The van der Waals surface area contributed by atoms with E-state index in [2.05, 4.69) is 5.32 Å². The molecule has 0 bridgehead atoms. The van der Waals surface area contributed by atoms with Crippen LogP contribution in [0, 0.1) is 0 Å². The Bertz CT molecular complexity index is 594. The minimum atomic E-state index is -0.783. The van der Waals surface area contributed by atoms with Crippen molar-refractivity contribution in [1.82, 2.24) is 5.32 Å². The van der Waals surface area contributed by atoms with Crippen molar-refractivity contribution in [1.29, 1.82) is 0 Å². The lowest BCUT2D eigenvalue weighted by Gasteiger charge is -2.43. The van der Waals surface area contributed by atoms with Crippen molar-refractivity contribution >= 4 is 5.97 Å². The van der Waals surface area contributed by atoms with E-state index in [-0.39, 0.29) is 12.0 Å². The van der Waals surface area contributed by atoms with E-state index in [1.54, 1.807) is 0 Å². The van der Waals surface area contributed by atoms with Gasteiger partial charge in [-0.05, 0) is 19.4 Å². The Morgan fingerprint density at radius 3 is 2.00 bits per heavy atom. The van der Waals surface area contributed by atoms with Gasteiger partial charge in [0.15, 0.2) is 5.60 Å². The van der Waals surface area contributed by atoms with Gasteiger partial charge in [-0.1, -0.05) is 67.1 Å². The van der Waals surface area contributed by atoms with E-state index in [0.29, 0.717) is 0 Å². The molecule has 0 saturated carbocycles. The molecular formula is C20H23NO2. The first-order valence-corrected chi connectivity index (χ1v) is 8.27.